The number of rotatable bonds is 5. The van der Waals surface area contributed by atoms with Gasteiger partial charge in [-0.1, -0.05) is 24.3 Å². The Hall–Kier alpha value is -0.670. The SMILES string of the molecule is Cc1ccccc1CNC(C)CS(C)=O. The summed E-state index contributed by atoms with van der Waals surface area (Å²) in [5, 5.41) is 3.38. The first kappa shape index (κ1) is 12.4. The van der Waals surface area contributed by atoms with Crippen LogP contribution in [0, 0.1) is 6.92 Å². The summed E-state index contributed by atoms with van der Waals surface area (Å²) in [6.45, 7) is 5.03. The normalized spacial score (nSPS) is 14.9. The standard InChI is InChI=1S/C12H19NOS/c1-10-6-4-5-7-12(10)8-13-11(2)9-15(3)14/h4-7,11,13H,8-9H2,1-3H3. The van der Waals surface area contributed by atoms with Crippen LogP contribution < -0.4 is 5.32 Å². The summed E-state index contributed by atoms with van der Waals surface area (Å²) in [6, 6.07) is 8.63. The van der Waals surface area contributed by atoms with Gasteiger partial charge in [-0.3, -0.25) is 4.21 Å². The van der Waals surface area contributed by atoms with E-state index in [0.29, 0.717) is 11.8 Å². The molecule has 1 rings (SSSR count). The minimum Gasteiger partial charge on any atom is -0.309 e. The van der Waals surface area contributed by atoms with E-state index in [-0.39, 0.29) is 0 Å². The summed E-state index contributed by atoms with van der Waals surface area (Å²) < 4.78 is 11.0. The molecule has 0 saturated carbocycles. The van der Waals surface area contributed by atoms with Crippen molar-refractivity contribution in [1.82, 2.24) is 5.32 Å². The number of hydrogen-bond donors (Lipinski definition) is 1. The first-order chi connectivity index (χ1) is 7.09. The molecule has 0 radical (unpaired) electrons. The molecule has 0 aliphatic heterocycles. The van der Waals surface area contributed by atoms with E-state index >= 15 is 0 Å². The maximum absolute atomic E-state index is 11.0. The fourth-order valence-corrected chi connectivity index (χ4v) is 2.33. The molecular weight excluding hydrogens is 206 g/mol. The highest BCUT2D eigenvalue weighted by molar-refractivity contribution is 7.84. The largest absolute Gasteiger partial charge is 0.309 e. The second kappa shape index (κ2) is 6.03. The predicted molar refractivity (Wildman–Crippen MR) is 66.4 cm³/mol. The summed E-state index contributed by atoms with van der Waals surface area (Å²) in [4.78, 5) is 0. The second-order valence-electron chi connectivity index (χ2n) is 3.95. The van der Waals surface area contributed by atoms with E-state index in [9.17, 15) is 4.21 Å². The average molecular weight is 225 g/mol. The highest BCUT2D eigenvalue weighted by atomic mass is 32.2. The van der Waals surface area contributed by atoms with Crippen molar-refractivity contribution in [3.8, 4) is 0 Å². The second-order valence-corrected chi connectivity index (χ2v) is 5.43. The molecule has 2 unspecified atom stereocenters. The van der Waals surface area contributed by atoms with E-state index in [4.69, 9.17) is 0 Å². The maximum atomic E-state index is 11.0. The van der Waals surface area contributed by atoms with Crippen LogP contribution in [0.1, 0.15) is 18.1 Å². The summed E-state index contributed by atoms with van der Waals surface area (Å²) in [6.07, 6.45) is 1.74. The van der Waals surface area contributed by atoms with E-state index in [1.165, 1.54) is 11.1 Å². The molecule has 0 amide bonds. The van der Waals surface area contributed by atoms with Gasteiger partial charge in [-0.15, -0.1) is 0 Å². The Labute approximate surface area is 94.5 Å². The van der Waals surface area contributed by atoms with Crippen LogP contribution in [0.3, 0.4) is 0 Å². The molecule has 0 aliphatic carbocycles. The lowest BCUT2D eigenvalue weighted by Gasteiger charge is -2.13. The molecule has 0 bridgehead atoms. The van der Waals surface area contributed by atoms with Gasteiger partial charge in [-0.05, 0) is 25.0 Å². The fraction of sp³-hybridized carbons (Fsp3) is 0.500. The zero-order valence-corrected chi connectivity index (χ0v) is 10.4. The van der Waals surface area contributed by atoms with E-state index < -0.39 is 10.8 Å². The van der Waals surface area contributed by atoms with Gasteiger partial charge >= 0.3 is 0 Å². The zero-order chi connectivity index (χ0) is 11.3. The van der Waals surface area contributed by atoms with Crippen molar-refractivity contribution in [2.45, 2.75) is 26.4 Å². The van der Waals surface area contributed by atoms with Gasteiger partial charge in [0.15, 0.2) is 0 Å². The van der Waals surface area contributed by atoms with Gasteiger partial charge in [0.1, 0.15) is 0 Å². The van der Waals surface area contributed by atoms with Gasteiger partial charge in [0.25, 0.3) is 0 Å². The first-order valence-electron chi connectivity index (χ1n) is 5.17. The molecule has 3 heteroatoms. The summed E-state index contributed by atoms with van der Waals surface area (Å²) in [5.74, 6) is 0.714. The van der Waals surface area contributed by atoms with Crippen LogP contribution in [0.15, 0.2) is 24.3 Å². The van der Waals surface area contributed by atoms with Crippen molar-refractivity contribution >= 4 is 10.8 Å². The molecule has 2 atom stereocenters. The third-order valence-corrected chi connectivity index (χ3v) is 3.36. The molecule has 0 saturated heterocycles. The minimum absolute atomic E-state index is 0.301. The molecule has 1 aromatic rings. The smallest absolute Gasteiger partial charge is 0.0383 e. The Morgan fingerprint density at radius 2 is 2.07 bits per heavy atom. The highest BCUT2D eigenvalue weighted by Crippen LogP contribution is 2.06. The number of benzene rings is 1. The Bertz CT molecular complexity index is 338. The molecule has 1 aromatic carbocycles. The molecule has 2 nitrogen and oxygen atoms in total. The first-order valence-corrected chi connectivity index (χ1v) is 6.90. The van der Waals surface area contributed by atoms with Crippen molar-refractivity contribution in [2.24, 2.45) is 0 Å². The molecule has 0 aliphatic rings. The van der Waals surface area contributed by atoms with Crippen LogP contribution in [-0.4, -0.2) is 22.3 Å². The quantitative estimate of drug-likeness (QED) is 0.828. The monoisotopic (exact) mass is 225 g/mol. The van der Waals surface area contributed by atoms with Gasteiger partial charge in [-0.25, -0.2) is 0 Å². The Kier molecular flexibility index (Phi) is 4.99. The summed E-state index contributed by atoms with van der Waals surface area (Å²) in [7, 11) is -0.721. The van der Waals surface area contributed by atoms with E-state index in [0.717, 1.165) is 6.54 Å². The van der Waals surface area contributed by atoms with Crippen LogP contribution in [0.2, 0.25) is 0 Å². The van der Waals surface area contributed by atoms with Crippen molar-refractivity contribution in [3.05, 3.63) is 35.4 Å². The molecule has 15 heavy (non-hydrogen) atoms. The van der Waals surface area contributed by atoms with Crippen LogP contribution in [0.25, 0.3) is 0 Å². The fourth-order valence-electron chi connectivity index (χ4n) is 1.50. The van der Waals surface area contributed by atoms with Crippen molar-refractivity contribution in [2.75, 3.05) is 12.0 Å². The van der Waals surface area contributed by atoms with Gasteiger partial charge < -0.3 is 5.32 Å². The lowest BCUT2D eigenvalue weighted by atomic mass is 10.1. The molecule has 0 aromatic heterocycles. The zero-order valence-electron chi connectivity index (χ0n) is 9.62. The van der Waals surface area contributed by atoms with Crippen LogP contribution in [0.5, 0.6) is 0 Å². The number of aryl methyl sites for hydroxylation is 1. The van der Waals surface area contributed by atoms with Crippen LogP contribution in [-0.2, 0) is 17.3 Å². The highest BCUT2D eigenvalue weighted by Gasteiger charge is 2.04. The Morgan fingerprint density at radius 1 is 1.40 bits per heavy atom. The molecule has 84 valence electrons. The molecule has 0 spiro atoms. The minimum atomic E-state index is -0.721. The summed E-state index contributed by atoms with van der Waals surface area (Å²) >= 11 is 0. The molecule has 0 fully saturated rings. The van der Waals surface area contributed by atoms with Crippen LogP contribution in [0.4, 0.5) is 0 Å². The lowest BCUT2D eigenvalue weighted by Crippen LogP contribution is -2.30. The van der Waals surface area contributed by atoms with E-state index in [1.54, 1.807) is 6.26 Å². The average Bonchev–Trinajstić information content (AvgIpc) is 2.15. The number of nitrogens with one attached hydrogen (secondary N) is 1. The van der Waals surface area contributed by atoms with Gasteiger partial charge in [0.05, 0.1) is 0 Å². The van der Waals surface area contributed by atoms with Gasteiger partial charge in [0, 0.05) is 35.4 Å². The van der Waals surface area contributed by atoms with E-state index in [2.05, 4.69) is 31.3 Å². The molecule has 0 heterocycles. The molecular formula is C12H19NOS. The maximum Gasteiger partial charge on any atom is 0.0383 e. The van der Waals surface area contributed by atoms with Crippen molar-refractivity contribution < 1.29 is 4.21 Å². The Morgan fingerprint density at radius 3 is 2.67 bits per heavy atom. The van der Waals surface area contributed by atoms with E-state index in [1.807, 2.05) is 12.1 Å². The molecule has 1 N–H and O–H groups in total. The third kappa shape index (κ3) is 4.58. The van der Waals surface area contributed by atoms with Gasteiger partial charge in [0.2, 0.25) is 0 Å². The Balaban J connectivity index is 2.43. The summed E-state index contributed by atoms with van der Waals surface area (Å²) in [5.41, 5.74) is 2.61. The van der Waals surface area contributed by atoms with Crippen LogP contribution >= 0.6 is 0 Å². The van der Waals surface area contributed by atoms with Crippen molar-refractivity contribution in [3.63, 3.8) is 0 Å². The van der Waals surface area contributed by atoms with Gasteiger partial charge in [-0.2, -0.15) is 0 Å². The third-order valence-electron chi connectivity index (χ3n) is 2.39. The lowest BCUT2D eigenvalue weighted by molar-refractivity contribution is 0.586. The number of hydrogen-bond acceptors (Lipinski definition) is 2. The predicted octanol–water partition coefficient (Wildman–Crippen LogP) is 1.85. The topological polar surface area (TPSA) is 29.1 Å². The van der Waals surface area contributed by atoms with Crippen molar-refractivity contribution in [1.29, 1.82) is 0 Å².